The van der Waals surface area contributed by atoms with E-state index in [2.05, 4.69) is 16.7 Å². The average Bonchev–Trinajstić information content (AvgIpc) is 2.51. The number of nitrogens with zero attached hydrogens (tertiary/aromatic N) is 2. The van der Waals surface area contributed by atoms with E-state index in [1.165, 1.54) is 32.1 Å². The quantitative estimate of drug-likeness (QED) is 0.814. The first-order chi connectivity index (χ1) is 8.58. The van der Waals surface area contributed by atoms with E-state index in [1.54, 1.807) is 0 Å². The maximum atomic E-state index is 11.3. The average molecular weight is 254 g/mol. The lowest BCUT2D eigenvalue weighted by Crippen LogP contribution is -2.43. The number of rotatable bonds is 2. The first-order valence-electron chi connectivity index (χ1n) is 7.25. The number of hydrogen-bond acceptors (Lipinski definition) is 3. The van der Waals surface area contributed by atoms with Crippen LogP contribution in [0, 0.1) is 5.92 Å². The number of hydrogen-bond donors (Lipinski definition) is 1. The summed E-state index contributed by atoms with van der Waals surface area (Å²) >= 11 is 0. The molecular formula is C14H26N2O2. The second-order valence-electron chi connectivity index (χ2n) is 6.07. The minimum absolute atomic E-state index is 0.234. The van der Waals surface area contributed by atoms with Crippen molar-refractivity contribution in [1.82, 2.24) is 9.80 Å². The van der Waals surface area contributed by atoms with Crippen LogP contribution in [-0.2, 0) is 4.79 Å². The van der Waals surface area contributed by atoms with Crippen LogP contribution in [0.5, 0.6) is 0 Å². The summed E-state index contributed by atoms with van der Waals surface area (Å²) in [6, 6.07) is 1.07. The molecule has 2 fully saturated rings. The van der Waals surface area contributed by atoms with E-state index >= 15 is 0 Å². The molecule has 1 aliphatic heterocycles. The van der Waals surface area contributed by atoms with Gasteiger partial charge in [-0.1, -0.05) is 19.3 Å². The lowest BCUT2D eigenvalue weighted by Gasteiger charge is -2.35. The van der Waals surface area contributed by atoms with Crippen LogP contribution in [0.2, 0.25) is 0 Å². The van der Waals surface area contributed by atoms with Gasteiger partial charge < -0.3 is 10.0 Å². The maximum absolute atomic E-state index is 11.3. The molecule has 2 aliphatic rings. The summed E-state index contributed by atoms with van der Waals surface area (Å²) in [5.74, 6) is -0.876. The van der Waals surface area contributed by atoms with Crippen molar-refractivity contribution in [3.05, 3.63) is 0 Å². The molecule has 0 bridgehead atoms. The molecule has 0 aromatic rings. The number of carbonyl (C=O) groups is 1. The molecule has 1 aliphatic carbocycles. The Bertz CT molecular complexity index is 290. The maximum Gasteiger partial charge on any atom is 0.309 e. The highest BCUT2D eigenvalue weighted by molar-refractivity contribution is 5.70. The van der Waals surface area contributed by atoms with Crippen molar-refractivity contribution in [2.45, 2.75) is 51.1 Å². The molecule has 4 heteroatoms. The minimum Gasteiger partial charge on any atom is -0.481 e. The fourth-order valence-corrected chi connectivity index (χ4v) is 3.32. The van der Waals surface area contributed by atoms with Crippen molar-refractivity contribution in [3.63, 3.8) is 0 Å². The van der Waals surface area contributed by atoms with Gasteiger partial charge >= 0.3 is 5.97 Å². The van der Waals surface area contributed by atoms with Gasteiger partial charge in [0.05, 0.1) is 5.92 Å². The van der Waals surface area contributed by atoms with Crippen molar-refractivity contribution in [2.75, 3.05) is 26.7 Å². The first kappa shape index (κ1) is 13.8. The summed E-state index contributed by atoms with van der Waals surface area (Å²) in [7, 11) is 2.05. The standard InChI is InChI=1S/C14H26N2O2/c1-11-8-16(13-6-4-3-5-7-13)10-12(14(17)18)9-15(11)2/h11-13H,3-10H2,1-2H3,(H,17,18). The third kappa shape index (κ3) is 3.23. The Morgan fingerprint density at radius 1 is 1.11 bits per heavy atom. The highest BCUT2D eigenvalue weighted by Crippen LogP contribution is 2.25. The molecule has 2 rings (SSSR count). The summed E-state index contributed by atoms with van der Waals surface area (Å²) in [4.78, 5) is 16.0. The van der Waals surface area contributed by atoms with Crippen molar-refractivity contribution in [3.8, 4) is 0 Å². The Morgan fingerprint density at radius 2 is 1.78 bits per heavy atom. The van der Waals surface area contributed by atoms with Crippen LogP contribution < -0.4 is 0 Å². The molecule has 0 amide bonds. The van der Waals surface area contributed by atoms with Crippen LogP contribution in [0.4, 0.5) is 0 Å². The Kier molecular flexibility index (Phi) is 4.62. The van der Waals surface area contributed by atoms with E-state index in [0.29, 0.717) is 18.6 Å². The van der Waals surface area contributed by atoms with Crippen molar-refractivity contribution in [2.24, 2.45) is 5.92 Å². The molecule has 0 radical (unpaired) electrons. The zero-order valence-corrected chi connectivity index (χ0v) is 11.6. The summed E-state index contributed by atoms with van der Waals surface area (Å²) in [6.45, 7) is 4.64. The lowest BCUT2D eigenvalue weighted by atomic mass is 9.93. The first-order valence-corrected chi connectivity index (χ1v) is 7.25. The zero-order valence-electron chi connectivity index (χ0n) is 11.6. The number of likely N-dealkylation sites (N-methyl/N-ethyl adjacent to an activating group) is 1. The molecular weight excluding hydrogens is 228 g/mol. The van der Waals surface area contributed by atoms with Crippen LogP contribution in [0.15, 0.2) is 0 Å². The van der Waals surface area contributed by atoms with E-state index in [1.807, 2.05) is 7.05 Å². The van der Waals surface area contributed by atoms with Gasteiger partial charge in [-0.05, 0) is 26.8 Å². The second kappa shape index (κ2) is 6.02. The summed E-state index contributed by atoms with van der Waals surface area (Å²) in [5, 5.41) is 9.33. The molecule has 0 aromatic heterocycles. The molecule has 0 aromatic carbocycles. The van der Waals surface area contributed by atoms with E-state index in [4.69, 9.17) is 0 Å². The molecule has 4 nitrogen and oxygen atoms in total. The SMILES string of the molecule is CC1CN(C2CCCCC2)CC(C(=O)O)CN1C. The molecule has 104 valence electrons. The number of carboxylic acids is 1. The molecule has 1 saturated heterocycles. The Balaban J connectivity index is 2.05. The third-order valence-corrected chi connectivity index (χ3v) is 4.65. The van der Waals surface area contributed by atoms with Crippen LogP contribution in [0.25, 0.3) is 0 Å². The monoisotopic (exact) mass is 254 g/mol. The molecule has 0 spiro atoms. The molecule has 1 saturated carbocycles. The fraction of sp³-hybridized carbons (Fsp3) is 0.929. The highest BCUT2D eigenvalue weighted by atomic mass is 16.4. The van der Waals surface area contributed by atoms with E-state index in [0.717, 1.165) is 13.1 Å². The van der Waals surface area contributed by atoms with Gasteiger partial charge in [0, 0.05) is 31.7 Å². The fourth-order valence-electron chi connectivity index (χ4n) is 3.32. The third-order valence-electron chi connectivity index (χ3n) is 4.65. The van der Waals surface area contributed by atoms with Crippen LogP contribution >= 0.6 is 0 Å². The number of carboxylic acid groups (broad SMARTS) is 1. The van der Waals surface area contributed by atoms with Crippen LogP contribution in [0.3, 0.4) is 0 Å². The van der Waals surface area contributed by atoms with Gasteiger partial charge in [0.15, 0.2) is 0 Å². The van der Waals surface area contributed by atoms with Crippen LogP contribution in [0.1, 0.15) is 39.0 Å². The molecule has 2 unspecified atom stereocenters. The van der Waals surface area contributed by atoms with Crippen molar-refractivity contribution < 1.29 is 9.90 Å². The Hall–Kier alpha value is -0.610. The molecule has 18 heavy (non-hydrogen) atoms. The van der Waals surface area contributed by atoms with Gasteiger partial charge in [0.25, 0.3) is 0 Å². The van der Waals surface area contributed by atoms with Gasteiger partial charge in [-0.2, -0.15) is 0 Å². The van der Waals surface area contributed by atoms with Gasteiger partial charge in [-0.15, -0.1) is 0 Å². The topological polar surface area (TPSA) is 43.8 Å². The van der Waals surface area contributed by atoms with Gasteiger partial charge in [-0.3, -0.25) is 9.69 Å². The highest BCUT2D eigenvalue weighted by Gasteiger charge is 2.33. The van der Waals surface area contributed by atoms with Gasteiger partial charge in [-0.25, -0.2) is 0 Å². The largest absolute Gasteiger partial charge is 0.481 e. The summed E-state index contributed by atoms with van der Waals surface area (Å²) < 4.78 is 0. The predicted octanol–water partition coefficient (Wildman–Crippen LogP) is 1.66. The van der Waals surface area contributed by atoms with Crippen molar-refractivity contribution >= 4 is 5.97 Å². The van der Waals surface area contributed by atoms with Crippen molar-refractivity contribution in [1.29, 1.82) is 0 Å². The lowest BCUT2D eigenvalue weighted by molar-refractivity contribution is -0.142. The van der Waals surface area contributed by atoms with E-state index in [9.17, 15) is 9.90 Å². The van der Waals surface area contributed by atoms with E-state index in [-0.39, 0.29) is 5.92 Å². The smallest absolute Gasteiger partial charge is 0.309 e. The van der Waals surface area contributed by atoms with Crippen LogP contribution in [-0.4, -0.2) is 59.6 Å². The summed E-state index contributed by atoms with van der Waals surface area (Å²) in [5.41, 5.74) is 0. The molecule has 1 N–H and O–H groups in total. The predicted molar refractivity (Wildman–Crippen MR) is 71.7 cm³/mol. The molecule has 2 atom stereocenters. The summed E-state index contributed by atoms with van der Waals surface area (Å²) in [6.07, 6.45) is 6.47. The molecule has 1 heterocycles. The van der Waals surface area contributed by atoms with E-state index < -0.39 is 5.97 Å². The normalized spacial score (nSPS) is 33.2. The van der Waals surface area contributed by atoms with Gasteiger partial charge in [0.2, 0.25) is 0 Å². The zero-order chi connectivity index (χ0) is 13.1. The van der Waals surface area contributed by atoms with Gasteiger partial charge in [0.1, 0.15) is 0 Å². The minimum atomic E-state index is -0.642. The number of aliphatic carboxylic acids is 1. The Morgan fingerprint density at radius 3 is 2.39 bits per heavy atom. The Labute approximate surface area is 110 Å². The second-order valence-corrected chi connectivity index (χ2v) is 6.07.